The van der Waals surface area contributed by atoms with Gasteiger partial charge >= 0.3 is 0 Å². The maximum absolute atomic E-state index is 9.69. The van der Waals surface area contributed by atoms with E-state index in [1.807, 2.05) is 24.3 Å². The first kappa shape index (κ1) is 11.5. The van der Waals surface area contributed by atoms with E-state index in [0.29, 0.717) is 13.0 Å². The molecule has 0 fully saturated rings. The molecule has 0 bridgehead atoms. The third-order valence-electron chi connectivity index (χ3n) is 2.31. The Morgan fingerprint density at radius 2 is 1.93 bits per heavy atom. The normalized spacial score (nSPS) is 15.1. The van der Waals surface area contributed by atoms with Crippen molar-refractivity contribution in [3.63, 3.8) is 0 Å². The molecule has 1 atom stereocenters. The molecule has 0 amide bonds. The molecule has 3 N–H and O–H groups in total. The Balaban J connectivity index is 2.50. The molecule has 1 aromatic carbocycles. The van der Waals surface area contributed by atoms with Gasteiger partial charge in [-0.15, -0.1) is 0 Å². The van der Waals surface area contributed by atoms with E-state index in [9.17, 15) is 5.11 Å². The van der Waals surface area contributed by atoms with Crippen LogP contribution in [-0.2, 0) is 6.42 Å². The van der Waals surface area contributed by atoms with Crippen LogP contribution in [0.25, 0.3) is 0 Å². The van der Waals surface area contributed by atoms with Crippen molar-refractivity contribution in [2.45, 2.75) is 25.4 Å². The highest BCUT2D eigenvalue weighted by atomic mass is 35.5. The van der Waals surface area contributed by atoms with Crippen LogP contribution in [0.3, 0.4) is 0 Å². The SMILES string of the molecule is CC(O)(CN)CCc1ccc(Cl)cc1. The van der Waals surface area contributed by atoms with Gasteiger partial charge in [0.25, 0.3) is 0 Å². The standard InChI is InChI=1S/C11H16ClNO/c1-11(14,8-13)7-6-9-2-4-10(12)5-3-9/h2-5,14H,6-8,13H2,1H3. The summed E-state index contributed by atoms with van der Waals surface area (Å²) in [6, 6.07) is 7.64. The highest BCUT2D eigenvalue weighted by Crippen LogP contribution is 2.15. The van der Waals surface area contributed by atoms with Crippen molar-refractivity contribution in [1.82, 2.24) is 0 Å². The van der Waals surface area contributed by atoms with Crippen LogP contribution in [0.15, 0.2) is 24.3 Å². The second-order valence-electron chi connectivity index (χ2n) is 3.83. The lowest BCUT2D eigenvalue weighted by atomic mass is 9.97. The zero-order chi connectivity index (χ0) is 10.6. The third kappa shape index (κ3) is 3.66. The number of hydrogen-bond donors (Lipinski definition) is 2. The Bertz CT molecular complexity index is 282. The second kappa shape index (κ2) is 4.78. The number of nitrogens with two attached hydrogens (primary N) is 1. The number of hydrogen-bond acceptors (Lipinski definition) is 2. The van der Waals surface area contributed by atoms with E-state index < -0.39 is 5.60 Å². The predicted octanol–water partition coefficient (Wildman–Crippen LogP) is 1.98. The maximum atomic E-state index is 9.69. The molecule has 0 aliphatic rings. The monoisotopic (exact) mass is 213 g/mol. The van der Waals surface area contributed by atoms with Crippen LogP contribution in [0.4, 0.5) is 0 Å². The van der Waals surface area contributed by atoms with Crippen LogP contribution in [0, 0.1) is 0 Å². The summed E-state index contributed by atoms with van der Waals surface area (Å²) < 4.78 is 0. The molecule has 0 aliphatic heterocycles. The van der Waals surface area contributed by atoms with E-state index in [4.69, 9.17) is 17.3 Å². The number of rotatable bonds is 4. The first-order chi connectivity index (χ1) is 6.53. The third-order valence-corrected chi connectivity index (χ3v) is 2.56. The Hall–Kier alpha value is -0.570. The smallest absolute Gasteiger partial charge is 0.0744 e. The highest BCUT2D eigenvalue weighted by molar-refractivity contribution is 6.30. The minimum Gasteiger partial charge on any atom is -0.389 e. The molecular weight excluding hydrogens is 198 g/mol. The number of aliphatic hydroxyl groups is 1. The van der Waals surface area contributed by atoms with Crippen molar-refractivity contribution < 1.29 is 5.11 Å². The maximum Gasteiger partial charge on any atom is 0.0744 e. The van der Waals surface area contributed by atoms with Crippen molar-refractivity contribution in [2.24, 2.45) is 5.73 Å². The number of halogens is 1. The van der Waals surface area contributed by atoms with E-state index in [1.165, 1.54) is 5.56 Å². The van der Waals surface area contributed by atoms with Gasteiger partial charge in [-0.1, -0.05) is 23.7 Å². The van der Waals surface area contributed by atoms with Crippen molar-refractivity contribution >= 4 is 11.6 Å². The van der Waals surface area contributed by atoms with Gasteiger partial charge in [0.2, 0.25) is 0 Å². The lowest BCUT2D eigenvalue weighted by Crippen LogP contribution is -2.34. The van der Waals surface area contributed by atoms with Gasteiger partial charge < -0.3 is 10.8 Å². The van der Waals surface area contributed by atoms with Gasteiger partial charge in [0.15, 0.2) is 0 Å². The summed E-state index contributed by atoms with van der Waals surface area (Å²) >= 11 is 5.76. The Kier molecular flexibility index (Phi) is 3.93. The number of benzene rings is 1. The zero-order valence-electron chi connectivity index (χ0n) is 8.33. The minimum atomic E-state index is -0.764. The summed E-state index contributed by atoms with van der Waals surface area (Å²) in [5, 5.41) is 10.4. The van der Waals surface area contributed by atoms with Gasteiger partial charge in [-0.2, -0.15) is 0 Å². The lowest BCUT2D eigenvalue weighted by Gasteiger charge is -2.20. The van der Waals surface area contributed by atoms with E-state index in [-0.39, 0.29) is 0 Å². The van der Waals surface area contributed by atoms with Crippen LogP contribution in [-0.4, -0.2) is 17.3 Å². The topological polar surface area (TPSA) is 46.2 Å². The Morgan fingerprint density at radius 3 is 2.43 bits per heavy atom. The average molecular weight is 214 g/mol. The van der Waals surface area contributed by atoms with E-state index in [1.54, 1.807) is 6.92 Å². The van der Waals surface area contributed by atoms with E-state index in [2.05, 4.69) is 0 Å². The molecule has 2 nitrogen and oxygen atoms in total. The molecule has 0 aliphatic carbocycles. The molecule has 0 radical (unpaired) electrons. The van der Waals surface area contributed by atoms with Gasteiger partial charge in [-0.3, -0.25) is 0 Å². The summed E-state index contributed by atoms with van der Waals surface area (Å²) in [6.45, 7) is 2.05. The predicted molar refractivity (Wildman–Crippen MR) is 59.5 cm³/mol. The molecule has 14 heavy (non-hydrogen) atoms. The lowest BCUT2D eigenvalue weighted by molar-refractivity contribution is 0.0603. The van der Waals surface area contributed by atoms with Crippen molar-refractivity contribution in [3.05, 3.63) is 34.9 Å². The molecule has 0 heterocycles. The molecule has 1 unspecified atom stereocenters. The molecule has 0 saturated carbocycles. The van der Waals surface area contributed by atoms with Crippen molar-refractivity contribution in [2.75, 3.05) is 6.54 Å². The quantitative estimate of drug-likeness (QED) is 0.804. The largest absolute Gasteiger partial charge is 0.389 e. The number of aryl methyl sites for hydroxylation is 1. The molecular formula is C11H16ClNO. The molecule has 0 spiro atoms. The van der Waals surface area contributed by atoms with E-state index >= 15 is 0 Å². The molecule has 78 valence electrons. The fourth-order valence-electron chi connectivity index (χ4n) is 1.17. The van der Waals surface area contributed by atoms with Gasteiger partial charge in [-0.05, 0) is 37.5 Å². The fourth-order valence-corrected chi connectivity index (χ4v) is 1.29. The average Bonchev–Trinajstić information content (AvgIpc) is 2.17. The highest BCUT2D eigenvalue weighted by Gasteiger charge is 2.17. The Labute approximate surface area is 89.7 Å². The van der Waals surface area contributed by atoms with Crippen LogP contribution in [0.2, 0.25) is 5.02 Å². The summed E-state index contributed by atoms with van der Waals surface area (Å²) in [5.41, 5.74) is 5.83. The van der Waals surface area contributed by atoms with Gasteiger partial charge in [-0.25, -0.2) is 0 Å². The van der Waals surface area contributed by atoms with Crippen molar-refractivity contribution in [3.8, 4) is 0 Å². The summed E-state index contributed by atoms with van der Waals surface area (Å²) in [4.78, 5) is 0. The van der Waals surface area contributed by atoms with Gasteiger partial charge in [0, 0.05) is 11.6 Å². The summed E-state index contributed by atoms with van der Waals surface area (Å²) in [6.07, 6.45) is 1.49. The van der Waals surface area contributed by atoms with Gasteiger partial charge in [0.05, 0.1) is 5.60 Å². The van der Waals surface area contributed by atoms with Crippen LogP contribution in [0.5, 0.6) is 0 Å². The molecule has 0 saturated heterocycles. The molecule has 1 aromatic rings. The van der Waals surface area contributed by atoms with E-state index in [0.717, 1.165) is 11.4 Å². The first-order valence-corrected chi connectivity index (χ1v) is 5.08. The Morgan fingerprint density at radius 1 is 1.36 bits per heavy atom. The van der Waals surface area contributed by atoms with Crippen molar-refractivity contribution in [1.29, 1.82) is 0 Å². The summed E-state index contributed by atoms with van der Waals surface area (Å²) in [7, 11) is 0. The first-order valence-electron chi connectivity index (χ1n) is 4.70. The van der Waals surface area contributed by atoms with Crippen LogP contribution < -0.4 is 5.73 Å². The van der Waals surface area contributed by atoms with Crippen LogP contribution in [0.1, 0.15) is 18.9 Å². The fraction of sp³-hybridized carbons (Fsp3) is 0.455. The minimum absolute atomic E-state index is 0.292. The second-order valence-corrected chi connectivity index (χ2v) is 4.26. The van der Waals surface area contributed by atoms with Crippen LogP contribution >= 0.6 is 11.6 Å². The summed E-state index contributed by atoms with van der Waals surface area (Å²) in [5.74, 6) is 0. The molecule has 1 rings (SSSR count). The van der Waals surface area contributed by atoms with Gasteiger partial charge in [0.1, 0.15) is 0 Å². The molecule has 3 heteroatoms. The zero-order valence-corrected chi connectivity index (χ0v) is 9.09. The molecule has 0 aromatic heterocycles.